The van der Waals surface area contributed by atoms with Crippen molar-refractivity contribution in [1.29, 1.82) is 0 Å². The maximum Gasteiger partial charge on any atom is 0.306 e. The summed E-state index contributed by atoms with van der Waals surface area (Å²) < 4.78 is 6.13. The SMILES string of the molecule is CC(C(=O)O)[C@H]1CCC2C3CCC4=CC(=O)CC[C@]4(C)C3CC[C@@]21C.CC(C)(C)[Si](C)(C)OCCCCCCCBr. The van der Waals surface area contributed by atoms with Crippen molar-refractivity contribution in [1.82, 2.24) is 0 Å². The van der Waals surface area contributed by atoms with Crippen LogP contribution in [0.3, 0.4) is 0 Å². The molecule has 7 atom stereocenters. The van der Waals surface area contributed by atoms with Gasteiger partial charge < -0.3 is 9.53 Å². The highest BCUT2D eigenvalue weighted by atomic mass is 79.9. The van der Waals surface area contributed by atoms with Crippen LogP contribution < -0.4 is 0 Å². The number of carboxylic acids is 1. The highest BCUT2D eigenvalue weighted by Crippen LogP contribution is 2.67. The molecule has 1 N–H and O–H groups in total. The van der Waals surface area contributed by atoms with Gasteiger partial charge in [0.05, 0.1) is 5.92 Å². The molecule has 0 aromatic carbocycles. The zero-order valence-electron chi connectivity index (χ0n) is 27.6. The number of halogens is 1. The van der Waals surface area contributed by atoms with Gasteiger partial charge in [0.15, 0.2) is 14.1 Å². The summed E-state index contributed by atoms with van der Waals surface area (Å²) in [6, 6.07) is 0. The molecule has 4 nitrogen and oxygen atoms in total. The number of carboxylic acid groups (broad SMARTS) is 1. The summed E-state index contributed by atoms with van der Waals surface area (Å²) in [5.41, 5.74) is 1.83. The van der Waals surface area contributed by atoms with E-state index in [2.05, 4.69) is 63.6 Å². The van der Waals surface area contributed by atoms with Crippen molar-refractivity contribution in [3.05, 3.63) is 11.6 Å². The second kappa shape index (κ2) is 14.1. The molecule has 6 heteroatoms. The summed E-state index contributed by atoms with van der Waals surface area (Å²) >= 11 is 3.46. The van der Waals surface area contributed by atoms with E-state index >= 15 is 0 Å². The molecule has 0 saturated heterocycles. The number of alkyl halides is 1. The van der Waals surface area contributed by atoms with Crippen LogP contribution in [0.4, 0.5) is 0 Å². The molecular weight excluding hydrogens is 592 g/mol. The smallest absolute Gasteiger partial charge is 0.306 e. The number of hydrogen-bond donors (Lipinski definition) is 1. The van der Waals surface area contributed by atoms with Crippen LogP contribution >= 0.6 is 15.9 Å². The molecule has 3 fully saturated rings. The van der Waals surface area contributed by atoms with Gasteiger partial charge in [0.2, 0.25) is 0 Å². The lowest BCUT2D eigenvalue weighted by Gasteiger charge is -2.58. The third kappa shape index (κ3) is 7.80. The Bertz CT molecular complexity index is 939. The molecule has 41 heavy (non-hydrogen) atoms. The van der Waals surface area contributed by atoms with Crippen LogP contribution in [0, 0.1) is 40.4 Å². The molecule has 0 spiro atoms. The average Bonchev–Trinajstić information content (AvgIpc) is 3.25. The summed E-state index contributed by atoms with van der Waals surface area (Å²) in [4.78, 5) is 23.5. The monoisotopic (exact) mass is 652 g/mol. The van der Waals surface area contributed by atoms with Crippen LogP contribution in [-0.2, 0) is 14.0 Å². The van der Waals surface area contributed by atoms with Gasteiger partial charge in [0.25, 0.3) is 0 Å². The molecular formula is C35H61BrO4Si. The maximum atomic E-state index is 11.9. The Labute approximate surface area is 261 Å². The predicted molar refractivity (Wildman–Crippen MR) is 177 cm³/mol. The van der Waals surface area contributed by atoms with E-state index in [-0.39, 0.29) is 16.7 Å². The number of rotatable bonds is 10. The summed E-state index contributed by atoms with van der Waals surface area (Å²) in [5.74, 6) is 1.89. The standard InChI is InChI=1S/C22H32O3.C13H29BrOSi/c1-13(20(24)25)17-6-7-18-16-5-4-14-12-15(23)8-10-21(14,2)19(16)9-11-22(17,18)3;1-13(2,3)16(4,5)15-12-10-8-6-7-9-11-14/h12-13,16-19H,4-11H2,1-3H3,(H,24,25);6-12H2,1-5H3/t13?,16?,17-,18?,19?,21+,22-;/m1./s1. The van der Waals surface area contributed by atoms with Crippen LogP contribution in [0.15, 0.2) is 11.6 Å². The minimum absolute atomic E-state index is 0.195. The molecule has 4 aliphatic rings. The third-order valence-corrected chi connectivity index (χ3v) is 17.7. The van der Waals surface area contributed by atoms with E-state index in [0.29, 0.717) is 35.0 Å². The molecule has 0 aromatic rings. The van der Waals surface area contributed by atoms with Gasteiger partial charge in [-0.1, -0.05) is 82.3 Å². The fraction of sp³-hybridized carbons (Fsp3) is 0.886. The lowest BCUT2D eigenvalue weighted by atomic mass is 9.46. The van der Waals surface area contributed by atoms with Crippen LogP contribution in [0.1, 0.15) is 125 Å². The van der Waals surface area contributed by atoms with Crippen molar-refractivity contribution >= 4 is 36.0 Å². The Balaban J connectivity index is 0.000000253. The Morgan fingerprint density at radius 1 is 1.02 bits per heavy atom. The van der Waals surface area contributed by atoms with E-state index in [1.165, 1.54) is 56.9 Å². The van der Waals surface area contributed by atoms with Crippen LogP contribution in [-0.4, -0.2) is 37.1 Å². The first-order valence-electron chi connectivity index (χ1n) is 16.7. The fourth-order valence-corrected chi connectivity index (χ4v) is 10.3. The van der Waals surface area contributed by atoms with Gasteiger partial charge >= 0.3 is 5.97 Å². The van der Waals surface area contributed by atoms with Crippen molar-refractivity contribution in [3.63, 3.8) is 0 Å². The topological polar surface area (TPSA) is 63.6 Å². The lowest BCUT2D eigenvalue weighted by molar-refractivity contribution is -0.146. The third-order valence-electron chi connectivity index (χ3n) is 12.6. The number of carbonyl (C=O) groups excluding carboxylic acids is 1. The number of carbonyl (C=O) groups is 2. The van der Waals surface area contributed by atoms with Crippen molar-refractivity contribution in [2.45, 2.75) is 143 Å². The quantitative estimate of drug-likeness (QED) is 0.145. The molecule has 3 saturated carbocycles. The number of unbranched alkanes of at least 4 members (excludes halogenated alkanes) is 4. The van der Waals surface area contributed by atoms with Crippen molar-refractivity contribution < 1.29 is 19.1 Å². The average molecular weight is 654 g/mol. The zero-order chi connectivity index (χ0) is 30.6. The molecule has 0 bridgehead atoms. The normalized spacial score (nSPS) is 34.0. The highest BCUT2D eigenvalue weighted by molar-refractivity contribution is 9.09. The molecule has 0 heterocycles. The van der Waals surface area contributed by atoms with Crippen molar-refractivity contribution in [2.75, 3.05) is 11.9 Å². The first-order valence-corrected chi connectivity index (χ1v) is 20.8. The van der Waals surface area contributed by atoms with E-state index < -0.39 is 14.3 Å². The number of ketones is 1. The molecule has 4 unspecified atom stereocenters. The molecule has 0 aliphatic heterocycles. The summed E-state index contributed by atoms with van der Waals surface area (Å²) in [6.07, 6.45) is 17.2. The molecule has 4 rings (SSSR count). The lowest BCUT2D eigenvalue weighted by Crippen LogP contribution is -2.51. The van der Waals surface area contributed by atoms with Gasteiger partial charge in [0, 0.05) is 18.4 Å². The Hall–Kier alpha value is -0.463. The summed E-state index contributed by atoms with van der Waals surface area (Å²) in [7, 11) is -1.49. The number of aliphatic carboxylic acids is 1. The van der Waals surface area contributed by atoms with Gasteiger partial charge in [-0.3, -0.25) is 9.59 Å². The zero-order valence-corrected chi connectivity index (χ0v) is 30.2. The van der Waals surface area contributed by atoms with Gasteiger partial charge in [-0.05, 0) is 116 Å². The van der Waals surface area contributed by atoms with E-state index in [4.69, 9.17) is 4.43 Å². The molecule has 236 valence electrons. The highest BCUT2D eigenvalue weighted by Gasteiger charge is 2.60. The number of fused-ring (bicyclic) bond motifs is 5. The number of allylic oxidation sites excluding steroid dienone is 1. The Kier molecular flexibility index (Phi) is 12.0. The Morgan fingerprint density at radius 3 is 2.32 bits per heavy atom. The predicted octanol–water partition coefficient (Wildman–Crippen LogP) is 10.2. The fourth-order valence-electron chi connectivity index (χ4n) is 8.86. The maximum absolute atomic E-state index is 11.9. The van der Waals surface area contributed by atoms with Crippen molar-refractivity contribution in [3.8, 4) is 0 Å². The number of hydrogen-bond acceptors (Lipinski definition) is 3. The molecule has 0 aromatic heterocycles. The van der Waals surface area contributed by atoms with Crippen LogP contribution in [0.5, 0.6) is 0 Å². The van der Waals surface area contributed by atoms with E-state index in [1.807, 2.05) is 13.0 Å². The second-order valence-corrected chi connectivity index (χ2v) is 21.5. The van der Waals surface area contributed by atoms with Gasteiger partial charge in [-0.15, -0.1) is 0 Å². The largest absolute Gasteiger partial charge is 0.481 e. The second-order valence-electron chi connectivity index (χ2n) is 15.9. The Morgan fingerprint density at radius 2 is 1.68 bits per heavy atom. The summed E-state index contributed by atoms with van der Waals surface area (Å²) in [5, 5.41) is 11.1. The minimum atomic E-state index is -1.49. The molecule has 0 radical (unpaired) electrons. The van der Waals surface area contributed by atoms with E-state index in [9.17, 15) is 14.7 Å². The van der Waals surface area contributed by atoms with Gasteiger partial charge in [-0.2, -0.15) is 0 Å². The molecule has 0 amide bonds. The first kappa shape index (κ1) is 35.0. The van der Waals surface area contributed by atoms with Gasteiger partial charge in [0.1, 0.15) is 0 Å². The van der Waals surface area contributed by atoms with Crippen LogP contribution in [0.2, 0.25) is 18.1 Å². The first-order chi connectivity index (χ1) is 19.1. The minimum Gasteiger partial charge on any atom is -0.481 e. The van der Waals surface area contributed by atoms with Gasteiger partial charge in [-0.25, -0.2) is 0 Å². The van der Waals surface area contributed by atoms with Crippen LogP contribution in [0.25, 0.3) is 0 Å². The molecule has 4 aliphatic carbocycles. The van der Waals surface area contributed by atoms with Crippen molar-refractivity contribution in [2.24, 2.45) is 40.4 Å². The van der Waals surface area contributed by atoms with E-state index in [1.54, 1.807) is 0 Å². The van der Waals surface area contributed by atoms with E-state index in [0.717, 1.165) is 43.5 Å². The summed E-state index contributed by atoms with van der Waals surface area (Å²) in [6.45, 7) is 19.3.